The summed E-state index contributed by atoms with van der Waals surface area (Å²) < 4.78 is 11.5. The van der Waals surface area contributed by atoms with Gasteiger partial charge in [-0.05, 0) is 55.4 Å². The predicted molar refractivity (Wildman–Crippen MR) is 68.8 cm³/mol. The van der Waals surface area contributed by atoms with Crippen LogP contribution in [-0.4, -0.2) is 30.6 Å². The van der Waals surface area contributed by atoms with Gasteiger partial charge in [-0.3, -0.25) is 9.59 Å². The summed E-state index contributed by atoms with van der Waals surface area (Å²) in [4.78, 5) is 23.7. The molecule has 0 fully saturated rings. The van der Waals surface area contributed by atoms with Crippen LogP contribution in [0.4, 0.5) is 0 Å². The van der Waals surface area contributed by atoms with Crippen LogP contribution in [0.5, 0.6) is 0 Å². The van der Waals surface area contributed by atoms with Crippen molar-refractivity contribution in [3.63, 3.8) is 0 Å². The third-order valence-electron chi connectivity index (χ3n) is 1.83. The number of rotatable bonds is 4. The summed E-state index contributed by atoms with van der Waals surface area (Å²) in [5.74, 6) is 0. The van der Waals surface area contributed by atoms with Gasteiger partial charge in [0, 0.05) is 0 Å². The predicted octanol–water partition coefficient (Wildman–Crippen LogP) is 2.32. The molecule has 100 valence electrons. The second kappa shape index (κ2) is 5.00. The van der Waals surface area contributed by atoms with E-state index in [1.54, 1.807) is 0 Å². The lowest BCUT2D eigenvalue weighted by Crippen LogP contribution is -2.62. The van der Waals surface area contributed by atoms with E-state index in [1.165, 1.54) is 13.8 Å². The van der Waals surface area contributed by atoms with Gasteiger partial charge in [0.1, 0.15) is 0 Å². The van der Waals surface area contributed by atoms with Crippen LogP contribution in [-0.2, 0) is 18.4 Å². The zero-order chi connectivity index (χ0) is 14.1. The average molecular weight is 260 g/mol. The van der Waals surface area contributed by atoms with Crippen molar-refractivity contribution in [2.45, 2.75) is 66.6 Å². The molecule has 0 aromatic carbocycles. The second-order valence-electron chi connectivity index (χ2n) is 6.16. The first kappa shape index (κ1) is 16.5. The van der Waals surface area contributed by atoms with E-state index in [4.69, 9.17) is 8.85 Å². The Morgan fingerprint density at radius 2 is 1.00 bits per heavy atom. The third kappa shape index (κ3) is 5.10. The lowest BCUT2D eigenvalue weighted by molar-refractivity contribution is -0.124. The molecular weight excluding hydrogens is 236 g/mol. The van der Waals surface area contributed by atoms with Crippen molar-refractivity contribution >= 4 is 19.4 Å². The summed E-state index contributed by atoms with van der Waals surface area (Å²) in [6, 6.07) is 0. The second-order valence-corrected chi connectivity index (χ2v) is 9.21. The van der Waals surface area contributed by atoms with Crippen LogP contribution in [0.3, 0.4) is 0 Å². The Hall–Kier alpha value is -0.523. The first-order chi connectivity index (χ1) is 7.30. The molecule has 0 atom stereocenters. The molecule has 0 saturated heterocycles. The van der Waals surface area contributed by atoms with E-state index in [2.05, 4.69) is 0 Å². The minimum atomic E-state index is -3.50. The minimum Gasteiger partial charge on any atom is -0.379 e. The molecule has 5 heteroatoms. The largest absolute Gasteiger partial charge is 0.481 e. The minimum absolute atomic E-state index is 0.296. The molecule has 0 radical (unpaired) electrons. The highest BCUT2D eigenvalue weighted by Gasteiger charge is 2.54. The van der Waals surface area contributed by atoms with Crippen LogP contribution in [0.2, 0.25) is 0 Å². The highest BCUT2D eigenvalue weighted by Crippen LogP contribution is 2.25. The zero-order valence-corrected chi connectivity index (χ0v) is 13.1. The van der Waals surface area contributed by atoms with E-state index in [1.807, 2.05) is 41.5 Å². The van der Waals surface area contributed by atoms with E-state index in [0.29, 0.717) is 0 Å². The molecule has 0 unspecified atom stereocenters. The van der Waals surface area contributed by atoms with Gasteiger partial charge in [-0.15, -0.1) is 0 Å². The third-order valence-corrected chi connectivity index (χ3v) is 5.48. The van der Waals surface area contributed by atoms with E-state index in [9.17, 15) is 9.59 Å². The Labute approximate surface area is 105 Å². The molecule has 0 aromatic heterocycles. The van der Waals surface area contributed by atoms with Gasteiger partial charge in [0.2, 0.25) is 0 Å². The van der Waals surface area contributed by atoms with E-state index < -0.39 is 19.8 Å². The molecule has 0 aliphatic carbocycles. The van der Waals surface area contributed by atoms with Crippen LogP contribution in [0, 0.1) is 0 Å². The highest BCUT2D eigenvalue weighted by atomic mass is 28.4. The van der Waals surface area contributed by atoms with E-state index >= 15 is 0 Å². The number of hydrogen-bond acceptors (Lipinski definition) is 4. The highest BCUT2D eigenvalue weighted by molar-refractivity contribution is 7.17. The SMILES string of the molecule is CC(=O)[Si](OC(C)(C)C)(OC(C)(C)C)C(C)=O. The van der Waals surface area contributed by atoms with Gasteiger partial charge in [-0.2, -0.15) is 0 Å². The van der Waals surface area contributed by atoms with Crippen LogP contribution < -0.4 is 0 Å². The van der Waals surface area contributed by atoms with Crippen molar-refractivity contribution in [2.24, 2.45) is 0 Å². The lowest BCUT2D eigenvalue weighted by atomic mass is 10.2. The maximum atomic E-state index is 11.9. The van der Waals surface area contributed by atoms with Crippen LogP contribution in [0.15, 0.2) is 0 Å². The van der Waals surface area contributed by atoms with Gasteiger partial charge in [-0.25, -0.2) is 0 Å². The first-order valence-corrected chi connectivity index (χ1v) is 7.54. The molecule has 17 heavy (non-hydrogen) atoms. The summed E-state index contributed by atoms with van der Waals surface area (Å²) >= 11 is 0. The molecule has 0 bridgehead atoms. The molecule has 0 aliphatic rings. The number of carbonyl (C=O) groups excluding carboxylic acids is 2. The van der Waals surface area contributed by atoms with Gasteiger partial charge >= 0.3 is 8.56 Å². The Morgan fingerprint density at radius 3 is 1.12 bits per heavy atom. The fourth-order valence-electron chi connectivity index (χ4n) is 1.42. The fourth-order valence-corrected chi connectivity index (χ4v) is 4.26. The quantitative estimate of drug-likeness (QED) is 0.728. The molecule has 0 saturated carbocycles. The summed E-state index contributed by atoms with van der Waals surface area (Å²) in [6.45, 7) is 13.6. The van der Waals surface area contributed by atoms with Gasteiger partial charge in [0.05, 0.1) is 11.2 Å². The smallest absolute Gasteiger partial charge is 0.379 e. The summed E-state index contributed by atoms with van der Waals surface area (Å²) in [7, 11) is -3.50. The van der Waals surface area contributed by atoms with E-state index in [-0.39, 0.29) is 10.8 Å². The molecule has 0 amide bonds. The molecule has 0 heterocycles. The van der Waals surface area contributed by atoms with Crippen molar-refractivity contribution in [2.75, 3.05) is 0 Å². The molecule has 0 spiro atoms. The van der Waals surface area contributed by atoms with Gasteiger partial charge in [0.25, 0.3) is 0 Å². The molecule has 0 aromatic rings. The fraction of sp³-hybridized carbons (Fsp3) is 0.833. The Kier molecular flexibility index (Phi) is 4.84. The van der Waals surface area contributed by atoms with Crippen molar-refractivity contribution in [3.05, 3.63) is 0 Å². The van der Waals surface area contributed by atoms with Crippen molar-refractivity contribution in [1.82, 2.24) is 0 Å². The Morgan fingerprint density at radius 1 is 0.765 bits per heavy atom. The normalized spacial score (nSPS) is 13.6. The molecule has 4 nitrogen and oxygen atoms in total. The van der Waals surface area contributed by atoms with E-state index in [0.717, 1.165) is 0 Å². The van der Waals surface area contributed by atoms with Crippen LogP contribution in [0.25, 0.3) is 0 Å². The maximum Gasteiger partial charge on any atom is 0.481 e. The summed E-state index contributed by atoms with van der Waals surface area (Å²) in [5, 5.41) is -0.593. The Balaban J connectivity index is 5.46. The maximum absolute atomic E-state index is 11.9. The van der Waals surface area contributed by atoms with Gasteiger partial charge in [0.15, 0.2) is 10.8 Å². The number of hydrogen-bond donors (Lipinski definition) is 0. The standard InChI is InChI=1S/C12H24O4Si/c1-9(13)17(10(2)14,15-11(3,4)5)16-12(6,7)8/h1-8H3. The molecule has 0 N–H and O–H groups in total. The lowest BCUT2D eigenvalue weighted by Gasteiger charge is -2.37. The first-order valence-electron chi connectivity index (χ1n) is 5.72. The zero-order valence-electron chi connectivity index (χ0n) is 12.1. The molecule has 0 aliphatic heterocycles. The Bertz CT molecular complexity index is 277. The number of carbonyl (C=O) groups is 2. The monoisotopic (exact) mass is 260 g/mol. The topological polar surface area (TPSA) is 52.6 Å². The van der Waals surface area contributed by atoms with Crippen molar-refractivity contribution < 1.29 is 18.4 Å². The summed E-state index contributed by atoms with van der Waals surface area (Å²) in [5.41, 5.74) is -1.18. The van der Waals surface area contributed by atoms with Crippen molar-refractivity contribution in [1.29, 1.82) is 0 Å². The van der Waals surface area contributed by atoms with Crippen LogP contribution in [0.1, 0.15) is 55.4 Å². The summed E-state index contributed by atoms with van der Waals surface area (Å²) in [6.07, 6.45) is 0. The van der Waals surface area contributed by atoms with Crippen LogP contribution >= 0.6 is 0 Å². The van der Waals surface area contributed by atoms with Crippen molar-refractivity contribution in [3.8, 4) is 0 Å². The van der Waals surface area contributed by atoms with Gasteiger partial charge < -0.3 is 8.85 Å². The average Bonchev–Trinajstić information content (AvgIpc) is 1.96. The molecule has 0 rings (SSSR count). The molecular formula is C12H24O4Si. The van der Waals surface area contributed by atoms with Gasteiger partial charge in [-0.1, -0.05) is 0 Å².